The van der Waals surface area contributed by atoms with Crippen molar-refractivity contribution in [2.45, 2.75) is 25.5 Å². The van der Waals surface area contributed by atoms with Crippen molar-refractivity contribution in [1.29, 1.82) is 0 Å². The predicted octanol–water partition coefficient (Wildman–Crippen LogP) is -0.158. The first-order chi connectivity index (χ1) is 6.88. The summed E-state index contributed by atoms with van der Waals surface area (Å²) in [4.78, 5) is 41.1. The van der Waals surface area contributed by atoms with Gasteiger partial charge in [0.1, 0.15) is 0 Å². The summed E-state index contributed by atoms with van der Waals surface area (Å²) in [6, 6.07) is -0.734. The Morgan fingerprint density at radius 1 is 1.47 bits per heavy atom. The summed E-state index contributed by atoms with van der Waals surface area (Å²) in [5.74, 6) is -2.58. The summed E-state index contributed by atoms with van der Waals surface area (Å²) < 4.78 is 11.0. The van der Waals surface area contributed by atoms with Crippen LogP contribution >= 0.6 is 7.60 Å². The highest BCUT2D eigenvalue weighted by Gasteiger charge is 2.48. The average Bonchev–Trinajstić information content (AvgIpc) is 2.36. The molecule has 0 bridgehead atoms. The molecule has 1 unspecified atom stereocenters. The van der Waals surface area contributed by atoms with Crippen molar-refractivity contribution in [3.8, 4) is 0 Å². The van der Waals surface area contributed by atoms with Crippen molar-refractivity contribution in [2.75, 3.05) is 6.54 Å². The molecular formula is C7H13N2O5P. The molecule has 1 fully saturated rings. The van der Waals surface area contributed by atoms with Crippen LogP contribution in [0.1, 0.15) is 19.8 Å². The quantitative estimate of drug-likeness (QED) is 0.464. The second-order valence-electron chi connectivity index (χ2n) is 3.30. The number of nitrogens with zero attached hydrogens (tertiary/aromatic N) is 1. The maximum absolute atomic E-state index is 11.2. The van der Waals surface area contributed by atoms with Crippen molar-refractivity contribution in [3.05, 3.63) is 0 Å². The van der Waals surface area contributed by atoms with Gasteiger partial charge < -0.3 is 14.7 Å². The molecule has 1 atom stereocenters. The summed E-state index contributed by atoms with van der Waals surface area (Å²) >= 11 is 0. The summed E-state index contributed by atoms with van der Waals surface area (Å²) in [5, 5.41) is 1.89. The summed E-state index contributed by atoms with van der Waals surface area (Å²) in [6.45, 7) is 2.05. The van der Waals surface area contributed by atoms with Gasteiger partial charge in [0.05, 0.1) is 0 Å². The summed E-state index contributed by atoms with van der Waals surface area (Å²) in [5.41, 5.74) is 0. The molecule has 0 aromatic carbocycles. The molecule has 15 heavy (non-hydrogen) atoms. The van der Waals surface area contributed by atoms with E-state index in [-0.39, 0.29) is 6.54 Å². The number of nitrogens with one attached hydrogen (secondary N) is 1. The standard InChI is InChI=1S/C7H13N2O5P/c1-2-3-4-9-6(15(12,13)14)5(10)8-7(9)11/h6H,2-4H2,1H3,(H,8,10,11)(H2,12,13,14). The van der Waals surface area contributed by atoms with Gasteiger partial charge in [0.25, 0.3) is 5.91 Å². The van der Waals surface area contributed by atoms with Crippen LogP contribution in [0.15, 0.2) is 0 Å². The third-order valence-corrected chi connectivity index (χ3v) is 3.24. The lowest BCUT2D eigenvalue weighted by Gasteiger charge is -2.21. The second kappa shape index (κ2) is 4.30. The van der Waals surface area contributed by atoms with E-state index >= 15 is 0 Å². The molecule has 3 amide bonds. The first-order valence-electron chi connectivity index (χ1n) is 4.54. The minimum Gasteiger partial charge on any atom is -0.323 e. The molecule has 1 saturated heterocycles. The van der Waals surface area contributed by atoms with Crippen molar-refractivity contribution in [2.24, 2.45) is 0 Å². The van der Waals surface area contributed by atoms with Crippen LogP contribution in [0.2, 0.25) is 0 Å². The fourth-order valence-corrected chi connectivity index (χ4v) is 2.33. The number of hydrogen-bond donors (Lipinski definition) is 3. The topological polar surface area (TPSA) is 107 Å². The number of rotatable bonds is 4. The zero-order valence-corrected chi connectivity index (χ0v) is 9.11. The summed E-state index contributed by atoms with van der Waals surface area (Å²) in [6.07, 6.45) is 1.36. The fourth-order valence-electron chi connectivity index (χ4n) is 1.38. The van der Waals surface area contributed by atoms with Gasteiger partial charge in [-0.2, -0.15) is 0 Å². The van der Waals surface area contributed by atoms with Crippen LogP contribution in [0.4, 0.5) is 4.79 Å². The third kappa shape index (κ3) is 2.56. The molecule has 86 valence electrons. The van der Waals surface area contributed by atoms with E-state index in [4.69, 9.17) is 9.79 Å². The predicted molar refractivity (Wildman–Crippen MR) is 51.0 cm³/mol. The Labute approximate surface area is 86.6 Å². The van der Waals surface area contributed by atoms with Gasteiger partial charge in [0.2, 0.25) is 5.78 Å². The molecule has 8 heteroatoms. The molecule has 0 aromatic rings. The van der Waals surface area contributed by atoms with Gasteiger partial charge >= 0.3 is 13.6 Å². The van der Waals surface area contributed by atoms with E-state index in [1.54, 1.807) is 0 Å². The van der Waals surface area contributed by atoms with E-state index in [2.05, 4.69) is 0 Å². The number of carbonyl (C=O) groups is 2. The monoisotopic (exact) mass is 236 g/mol. The second-order valence-corrected chi connectivity index (χ2v) is 4.97. The third-order valence-electron chi connectivity index (χ3n) is 2.09. The van der Waals surface area contributed by atoms with Crippen LogP contribution in [0.3, 0.4) is 0 Å². The highest BCUT2D eigenvalue weighted by molar-refractivity contribution is 7.53. The molecule has 1 heterocycles. The number of hydrogen-bond acceptors (Lipinski definition) is 3. The Kier molecular flexibility index (Phi) is 3.49. The van der Waals surface area contributed by atoms with E-state index in [1.165, 1.54) is 0 Å². The van der Waals surface area contributed by atoms with Crippen molar-refractivity contribution < 1.29 is 23.9 Å². The molecule has 0 spiro atoms. The smallest absolute Gasteiger partial charge is 0.323 e. The zero-order chi connectivity index (χ0) is 11.6. The zero-order valence-electron chi connectivity index (χ0n) is 8.21. The molecule has 3 N–H and O–H groups in total. The normalized spacial score (nSPS) is 22.1. The van der Waals surface area contributed by atoms with Gasteiger partial charge in [-0.1, -0.05) is 13.3 Å². The van der Waals surface area contributed by atoms with Crippen LogP contribution < -0.4 is 5.32 Å². The molecule has 0 saturated carbocycles. The van der Waals surface area contributed by atoms with Crippen LogP contribution in [-0.4, -0.2) is 39.0 Å². The lowest BCUT2D eigenvalue weighted by atomic mass is 10.3. The maximum atomic E-state index is 11.2. The minimum atomic E-state index is -4.61. The minimum absolute atomic E-state index is 0.170. The molecule has 1 aliphatic rings. The number of carbonyl (C=O) groups excluding carboxylic acids is 2. The van der Waals surface area contributed by atoms with Crippen LogP contribution in [0.25, 0.3) is 0 Å². The highest BCUT2D eigenvalue weighted by atomic mass is 31.2. The van der Waals surface area contributed by atoms with Gasteiger partial charge in [-0.3, -0.25) is 14.7 Å². The van der Waals surface area contributed by atoms with E-state index in [9.17, 15) is 14.2 Å². The van der Waals surface area contributed by atoms with Gasteiger partial charge in [-0.15, -0.1) is 0 Å². The number of amides is 3. The Morgan fingerprint density at radius 2 is 2.07 bits per heavy atom. The first-order valence-corrected chi connectivity index (χ1v) is 6.22. The fraction of sp³-hybridized carbons (Fsp3) is 0.714. The lowest BCUT2D eigenvalue weighted by Crippen LogP contribution is -2.35. The highest BCUT2D eigenvalue weighted by Crippen LogP contribution is 2.44. The van der Waals surface area contributed by atoms with Gasteiger partial charge in [-0.25, -0.2) is 4.79 Å². The molecule has 1 rings (SSSR count). The molecule has 0 aromatic heterocycles. The van der Waals surface area contributed by atoms with Crippen molar-refractivity contribution >= 4 is 19.5 Å². The SMILES string of the molecule is CCCCN1C(=O)NC(=O)C1P(=O)(O)O. The van der Waals surface area contributed by atoms with Crippen molar-refractivity contribution in [3.63, 3.8) is 0 Å². The van der Waals surface area contributed by atoms with Crippen LogP contribution in [0.5, 0.6) is 0 Å². The lowest BCUT2D eigenvalue weighted by molar-refractivity contribution is -0.119. The largest absolute Gasteiger partial charge is 0.357 e. The van der Waals surface area contributed by atoms with Crippen molar-refractivity contribution in [1.82, 2.24) is 10.2 Å². The molecule has 7 nitrogen and oxygen atoms in total. The molecule has 0 aliphatic carbocycles. The van der Waals surface area contributed by atoms with Crippen LogP contribution in [0, 0.1) is 0 Å². The Balaban J connectivity index is 2.85. The van der Waals surface area contributed by atoms with Crippen LogP contribution in [-0.2, 0) is 9.36 Å². The molecule has 1 aliphatic heterocycles. The Hall–Kier alpha value is -0.910. The van der Waals surface area contributed by atoms with E-state index < -0.39 is 25.3 Å². The van der Waals surface area contributed by atoms with E-state index in [0.717, 1.165) is 11.3 Å². The Bertz CT molecular complexity index is 325. The van der Waals surface area contributed by atoms with E-state index in [1.807, 2.05) is 12.2 Å². The first kappa shape index (κ1) is 12.2. The summed E-state index contributed by atoms with van der Waals surface area (Å²) in [7, 11) is -4.61. The number of urea groups is 1. The van der Waals surface area contributed by atoms with Gasteiger partial charge in [0.15, 0.2) is 0 Å². The molecular weight excluding hydrogens is 223 g/mol. The van der Waals surface area contributed by atoms with Gasteiger partial charge in [-0.05, 0) is 6.42 Å². The van der Waals surface area contributed by atoms with Gasteiger partial charge in [0, 0.05) is 6.54 Å². The van der Waals surface area contributed by atoms with E-state index in [0.29, 0.717) is 6.42 Å². The Morgan fingerprint density at radius 3 is 2.53 bits per heavy atom. The number of unbranched alkanes of at least 4 members (excludes halogenated alkanes) is 1. The average molecular weight is 236 g/mol. The maximum Gasteiger partial charge on any atom is 0.357 e. The number of imide groups is 1. The molecule has 0 radical (unpaired) electrons.